The molecule has 1 aromatic heterocycles. The summed E-state index contributed by atoms with van der Waals surface area (Å²) in [7, 11) is 2.17. The van der Waals surface area contributed by atoms with Gasteiger partial charge in [-0.15, -0.1) is 0 Å². The van der Waals surface area contributed by atoms with Crippen LogP contribution < -0.4 is 5.32 Å². The van der Waals surface area contributed by atoms with Gasteiger partial charge >= 0.3 is 0 Å². The normalized spacial score (nSPS) is 16.0. The number of thiocarbonyl (C=S) groups is 1. The summed E-state index contributed by atoms with van der Waals surface area (Å²) in [6, 6.07) is 10.2. The van der Waals surface area contributed by atoms with Gasteiger partial charge in [-0.2, -0.15) is 0 Å². The largest absolute Gasteiger partial charge is 0.467 e. The van der Waals surface area contributed by atoms with E-state index < -0.39 is 0 Å². The van der Waals surface area contributed by atoms with E-state index in [4.69, 9.17) is 28.2 Å². The molecule has 1 N–H and O–H groups in total. The second kappa shape index (κ2) is 8.21. The van der Waals surface area contributed by atoms with E-state index in [1.807, 2.05) is 37.3 Å². The molecule has 0 bridgehead atoms. The van der Waals surface area contributed by atoms with Crippen LogP contribution in [0.1, 0.15) is 24.2 Å². The predicted molar refractivity (Wildman–Crippen MR) is 107 cm³/mol. The van der Waals surface area contributed by atoms with Crippen molar-refractivity contribution in [2.24, 2.45) is 0 Å². The van der Waals surface area contributed by atoms with Crippen molar-refractivity contribution in [3.05, 3.63) is 52.9 Å². The Kier molecular flexibility index (Phi) is 5.99. The number of nitrogens with zero attached hydrogens (tertiary/aromatic N) is 2. The van der Waals surface area contributed by atoms with Gasteiger partial charge in [0.1, 0.15) is 5.76 Å². The summed E-state index contributed by atoms with van der Waals surface area (Å²) < 4.78 is 5.56. The summed E-state index contributed by atoms with van der Waals surface area (Å²) in [5.74, 6) is 0.922. The fourth-order valence-electron chi connectivity index (χ4n) is 3.17. The molecule has 6 heteroatoms. The minimum absolute atomic E-state index is 0.404. The molecule has 0 unspecified atom stereocenters. The molecule has 134 valence electrons. The second-order valence-electron chi connectivity index (χ2n) is 6.58. The van der Waals surface area contributed by atoms with Crippen molar-refractivity contribution in [2.45, 2.75) is 32.4 Å². The third-order valence-corrected chi connectivity index (χ3v) is 5.55. The summed E-state index contributed by atoms with van der Waals surface area (Å²) in [5, 5.41) is 4.85. The Bertz CT molecular complexity index is 711. The van der Waals surface area contributed by atoms with Gasteiger partial charge in [0.15, 0.2) is 5.11 Å². The maximum atomic E-state index is 6.24. The summed E-state index contributed by atoms with van der Waals surface area (Å²) >= 11 is 12.0. The van der Waals surface area contributed by atoms with Crippen molar-refractivity contribution in [1.82, 2.24) is 9.80 Å². The number of piperidine rings is 1. The van der Waals surface area contributed by atoms with Gasteiger partial charge in [0, 0.05) is 16.8 Å². The number of rotatable bonds is 4. The fraction of sp³-hybridized carbons (Fsp3) is 0.421. The number of anilines is 1. The Morgan fingerprint density at radius 1 is 1.32 bits per heavy atom. The molecule has 1 aromatic carbocycles. The minimum atomic E-state index is 0.404. The van der Waals surface area contributed by atoms with Crippen molar-refractivity contribution >= 4 is 34.6 Å². The summed E-state index contributed by atoms with van der Waals surface area (Å²) in [4.78, 5) is 4.61. The summed E-state index contributed by atoms with van der Waals surface area (Å²) in [5.41, 5.74) is 1.96. The van der Waals surface area contributed by atoms with E-state index in [0.29, 0.717) is 12.6 Å². The lowest BCUT2D eigenvalue weighted by Gasteiger charge is -2.38. The SMILES string of the molecule is Cc1c(Cl)cccc1NC(=S)N(Cc1ccco1)C1CCN(C)CC1. The lowest BCUT2D eigenvalue weighted by molar-refractivity contribution is 0.168. The highest BCUT2D eigenvalue weighted by atomic mass is 35.5. The Balaban J connectivity index is 1.77. The van der Waals surface area contributed by atoms with E-state index >= 15 is 0 Å². The molecule has 0 aliphatic carbocycles. The van der Waals surface area contributed by atoms with Crippen LogP contribution in [0.25, 0.3) is 0 Å². The lowest BCUT2D eigenvalue weighted by atomic mass is 10.0. The van der Waals surface area contributed by atoms with Crippen molar-refractivity contribution in [3.63, 3.8) is 0 Å². The molecule has 1 saturated heterocycles. The number of benzene rings is 1. The molecular weight excluding hydrogens is 354 g/mol. The summed E-state index contributed by atoms with van der Waals surface area (Å²) in [6.45, 7) is 4.84. The van der Waals surface area contributed by atoms with Crippen LogP contribution in [0.5, 0.6) is 0 Å². The molecule has 0 amide bonds. The van der Waals surface area contributed by atoms with Crippen LogP contribution in [0.3, 0.4) is 0 Å². The molecule has 0 saturated carbocycles. The number of halogens is 1. The molecule has 4 nitrogen and oxygen atoms in total. The molecule has 0 radical (unpaired) electrons. The molecule has 1 aliphatic rings. The molecule has 2 heterocycles. The Hall–Kier alpha value is -1.56. The molecular formula is C19H24ClN3OS. The molecule has 1 aliphatic heterocycles. The smallest absolute Gasteiger partial charge is 0.174 e. The van der Waals surface area contributed by atoms with Gasteiger partial charge in [0.05, 0.1) is 12.8 Å². The quantitative estimate of drug-likeness (QED) is 0.791. The second-order valence-corrected chi connectivity index (χ2v) is 7.38. The lowest BCUT2D eigenvalue weighted by Crippen LogP contribution is -2.47. The van der Waals surface area contributed by atoms with Gasteiger partial charge in [-0.25, -0.2) is 0 Å². The third kappa shape index (κ3) is 4.54. The maximum Gasteiger partial charge on any atom is 0.174 e. The average molecular weight is 378 g/mol. The molecule has 0 atom stereocenters. The van der Waals surface area contributed by atoms with Crippen molar-refractivity contribution in [1.29, 1.82) is 0 Å². The van der Waals surface area contributed by atoms with Crippen LogP contribution >= 0.6 is 23.8 Å². The van der Waals surface area contributed by atoms with Gasteiger partial charge in [0.25, 0.3) is 0 Å². The van der Waals surface area contributed by atoms with Gasteiger partial charge in [0.2, 0.25) is 0 Å². The minimum Gasteiger partial charge on any atom is -0.467 e. The van der Waals surface area contributed by atoms with Crippen LogP contribution in [-0.2, 0) is 6.54 Å². The van der Waals surface area contributed by atoms with Crippen LogP contribution in [0.15, 0.2) is 41.0 Å². The van der Waals surface area contributed by atoms with Crippen LogP contribution in [0.2, 0.25) is 5.02 Å². The summed E-state index contributed by atoms with van der Waals surface area (Å²) in [6.07, 6.45) is 3.89. The first-order valence-corrected chi connectivity index (χ1v) is 9.37. The highest BCUT2D eigenvalue weighted by Crippen LogP contribution is 2.25. The van der Waals surface area contributed by atoms with Crippen LogP contribution in [-0.4, -0.2) is 41.1 Å². The molecule has 3 rings (SSSR count). The number of likely N-dealkylation sites (tertiary alicyclic amines) is 1. The van der Waals surface area contributed by atoms with Crippen molar-refractivity contribution < 1.29 is 4.42 Å². The number of furan rings is 1. The monoisotopic (exact) mass is 377 g/mol. The zero-order valence-electron chi connectivity index (χ0n) is 14.7. The highest BCUT2D eigenvalue weighted by molar-refractivity contribution is 7.80. The fourth-order valence-corrected chi connectivity index (χ4v) is 3.67. The van der Waals surface area contributed by atoms with Gasteiger partial charge in [-0.05, 0) is 81.9 Å². The van der Waals surface area contributed by atoms with E-state index in [2.05, 4.69) is 22.2 Å². The third-order valence-electron chi connectivity index (χ3n) is 4.81. The molecule has 2 aromatic rings. The van der Waals surface area contributed by atoms with E-state index in [1.54, 1.807) is 6.26 Å². The molecule has 25 heavy (non-hydrogen) atoms. The van der Waals surface area contributed by atoms with Gasteiger partial charge in [-0.1, -0.05) is 17.7 Å². The first kappa shape index (κ1) is 18.2. The van der Waals surface area contributed by atoms with Gasteiger partial charge in [-0.3, -0.25) is 0 Å². The van der Waals surface area contributed by atoms with E-state index in [9.17, 15) is 0 Å². The topological polar surface area (TPSA) is 31.6 Å². The zero-order chi connectivity index (χ0) is 17.8. The zero-order valence-corrected chi connectivity index (χ0v) is 16.2. The van der Waals surface area contributed by atoms with E-state index in [1.165, 1.54) is 0 Å². The van der Waals surface area contributed by atoms with Gasteiger partial charge < -0.3 is 19.5 Å². The van der Waals surface area contributed by atoms with Crippen molar-refractivity contribution in [2.75, 3.05) is 25.5 Å². The maximum absolute atomic E-state index is 6.24. The average Bonchev–Trinajstić information content (AvgIpc) is 3.11. The number of hydrogen-bond acceptors (Lipinski definition) is 3. The van der Waals surface area contributed by atoms with Crippen LogP contribution in [0, 0.1) is 6.92 Å². The number of hydrogen-bond donors (Lipinski definition) is 1. The standard InChI is InChI=1S/C19H24ClN3OS/c1-14-17(20)6-3-7-18(14)21-19(25)23(13-16-5-4-12-24-16)15-8-10-22(2)11-9-15/h3-7,12,15H,8-11,13H2,1-2H3,(H,21,25). The van der Waals surface area contributed by atoms with E-state index in [0.717, 1.165) is 53.1 Å². The Morgan fingerprint density at radius 2 is 2.08 bits per heavy atom. The predicted octanol–water partition coefficient (Wildman–Crippen LogP) is 4.53. The Labute approximate surface area is 159 Å². The highest BCUT2D eigenvalue weighted by Gasteiger charge is 2.26. The Morgan fingerprint density at radius 3 is 2.76 bits per heavy atom. The first-order chi connectivity index (χ1) is 12.0. The molecule has 0 spiro atoms. The van der Waals surface area contributed by atoms with Crippen molar-refractivity contribution in [3.8, 4) is 0 Å². The first-order valence-electron chi connectivity index (χ1n) is 8.58. The number of nitrogens with one attached hydrogen (secondary N) is 1. The molecule has 1 fully saturated rings. The van der Waals surface area contributed by atoms with Crippen LogP contribution in [0.4, 0.5) is 5.69 Å². The van der Waals surface area contributed by atoms with E-state index in [-0.39, 0.29) is 0 Å².